The van der Waals surface area contributed by atoms with Crippen LogP contribution in [0.25, 0.3) is 0 Å². The molecule has 0 bridgehead atoms. The molecule has 0 aliphatic carbocycles. The molecule has 1 aromatic heterocycles. The number of rotatable bonds is 2. The highest BCUT2D eigenvalue weighted by Crippen LogP contribution is 2.32. The second kappa shape index (κ2) is 4.71. The molecule has 1 aliphatic rings. The number of carboxylic acids is 1. The van der Waals surface area contributed by atoms with Gasteiger partial charge in [-0.05, 0) is 24.5 Å². The summed E-state index contributed by atoms with van der Waals surface area (Å²) >= 11 is 0. The predicted octanol–water partition coefficient (Wildman–Crippen LogP) is 2.40. The van der Waals surface area contributed by atoms with Gasteiger partial charge in [-0.2, -0.15) is 13.2 Å². The van der Waals surface area contributed by atoms with Crippen LogP contribution in [-0.4, -0.2) is 28.6 Å². The van der Waals surface area contributed by atoms with E-state index < -0.39 is 23.8 Å². The number of carboxylic acid groups (broad SMARTS) is 1. The number of hydrogen-bond acceptors (Lipinski definition) is 3. The maximum Gasteiger partial charge on any atom is 0.417 e. The molecule has 4 nitrogen and oxygen atoms in total. The van der Waals surface area contributed by atoms with E-state index in [1.165, 1.54) is 11.0 Å². The molecule has 0 spiro atoms. The van der Waals surface area contributed by atoms with E-state index in [0.717, 1.165) is 12.3 Å². The number of alkyl halides is 3. The predicted molar refractivity (Wildman–Crippen MR) is 61.8 cm³/mol. The summed E-state index contributed by atoms with van der Waals surface area (Å²) in [6.07, 6.45) is -3.02. The summed E-state index contributed by atoms with van der Waals surface area (Å²) in [7, 11) is 0. The summed E-state index contributed by atoms with van der Waals surface area (Å²) in [6.45, 7) is 2.29. The SMILES string of the molecule is CC1CCN(c2ccc(C(F)(F)F)cn2)C1C(=O)O. The normalized spacial score (nSPS) is 23.7. The second-order valence-corrected chi connectivity index (χ2v) is 4.65. The lowest BCUT2D eigenvalue weighted by Gasteiger charge is -2.24. The molecule has 2 rings (SSSR count). The highest BCUT2D eigenvalue weighted by atomic mass is 19.4. The molecule has 2 unspecified atom stereocenters. The first-order valence-corrected chi connectivity index (χ1v) is 5.83. The first-order chi connectivity index (χ1) is 8.80. The zero-order chi connectivity index (χ0) is 14.2. The van der Waals surface area contributed by atoms with E-state index in [9.17, 15) is 18.0 Å². The van der Waals surface area contributed by atoms with Crippen LogP contribution in [0.2, 0.25) is 0 Å². The molecule has 1 saturated heterocycles. The van der Waals surface area contributed by atoms with E-state index in [1.54, 1.807) is 0 Å². The molecule has 1 aromatic rings. The van der Waals surface area contributed by atoms with E-state index in [4.69, 9.17) is 5.11 Å². The molecule has 0 amide bonds. The van der Waals surface area contributed by atoms with Crippen molar-refractivity contribution in [3.05, 3.63) is 23.9 Å². The fourth-order valence-electron chi connectivity index (χ4n) is 2.30. The Labute approximate surface area is 107 Å². The lowest BCUT2D eigenvalue weighted by molar-refractivity contribution is -0.139. The van der Waals surface area contributed by atoms with Gasteiger partial charge in [-0.1, -0.05) is 6.92 Å². The molecule has 1 fully saturated rings. The molecular formula is C12H13F3N2O2. The summed E-state index contributed by atoms with van der Waals surface area (Å²) in [5.74, 6) is -0.766. The highest BCUT2D eigenvalue weighted by molar-refractivity contribution is 5.78. The van der Waals surface area contributed by atoms with Crippen LogP contribution in [0.5, 0.6) is 0 Å². The highest BCUT2D eigenvalue weighted by Gasteiger charge is 2.38. The molecule has 7 heteroatoms. The number of aliphatic carboxylic acids is 1. The van der Waals surface area contributed by atoms with Gasteiger partial charge >= 0.3 is 12.1 Å². The van der Waals surface area contributed by atoms with Gasteiger partial charge in [-0.15, -0.1) is 0 Å². The van der Waals surface area contributed by atoms with Crippen LogP contribution in [0.4, 0.5) is 19.0 Å². The second-order valence-electron chi connectivity index (χ2n) is 4.65. The Balaban J connectivity index is 2.25. The van der Waals surface area contributed by atoms with Crippen LogP contribution in [0, 0.1) is 5.92 Å². The smallest absolute Gasteiger partial charge is 0.417 e. The Bertz CT molecular complexity index is 473. The Morgan fingerprint density at radius 3 is 2.63 bits per heavy atom. The topological polar surface area (TPSA) is 53.4 Å². The lowest BCUT2D eigenvalue weighted by atomic mass is 10.0. The molecule has 1 aliphatic heterocycles. The average Bonchev–Trinajstić information content (AvgIpc) is 2.70. The van der Waals surface area contributed by atoms with Crippen LogP contribution in [0.1, 0.15) is 18.9 Å². The Hall–Kier alpha value is -1.79. The number of aromatic nitrogens is 1. The summed E-state index contributed by atoms with van der Waals surface area (Å²) in [5, 5.41) is 9.15. The fourth-order valence-corrected chi connectivity index (χ4v) is 2.30. The average molecular weight is 274 g/mol. The van der Waals surface area contributed by atoms with Gasteiger partial charge < -0.3 is 10.0 Å². The van der Waals surface area contributed by atoms with Crippen LogP contribution in [-0.2, 0) is 11.0 Å². The van der Waals surface area contributed by atoms with Crippen molar-refractivity contribution in [2.75, 3.05) is 11.4 Å². The van der Waals surface area contributed by atoms with Crippen molar-refractivity contribution in [2.45, 2.75) is 25.6 Å². The monoisotopic (exact) mass is 274 g/mol. The molecule has 0 saturated carbocycles. The summed E-state index contributed by atoms with van der Waals surface area (Å²) in [5.41, 5.74) is -0.838. The molecular weight excluding hydrogens is 261 g/mol. The van der Waals surface area contributed by atoms with Gasteiger partial charge in [0.1, 0.15) is 11.9 Å². The minimum atomic E-state index is -4.43. The van der Waals surface area contributed by atoms with Crippen molar-refractivity contribution < 1.29 is 23.1 Å². The van der Waals surface area contributed by atoms with E-state index in [-0.39, 0.29) is 11.7 Å². The van der Waals surface area contributed by atoms with Crippen LogP contribution < -0.4 is 4.90 Å². The Kier molecular flexibility index (Phi) is 3.38. The maximum absolute atomic E-state index is 12.4. The van der Waals surface area contributed by atoms with Gasteiger partial charge in [0.25, 0.3) is 0 Å². The molecule has 104 valence electrons. The van der Waals surface area contributed by atoms with E-state index in [2.05, 4.69) is 4.98 Å². The first-order valence-electron chi connectivity index (χ1n) is 5.83. The number of hydrogen-bond donors (Lipinski definition) is 1. The van der Waals surface area contributed by atoms with E-state index in [0.29, 0.717) is 13.0 Å². The van der Waals surface area contributed by atoms with E-state index in [1.807, 2.05) is 6.92 Å². The van der Waals surface area contributed by atoms with Crippen molar-refractivity contribution in [2.24, 2.45) is 5.92 Å². The van der Waals surface area contributed by atoms with Gasteiger partial charge in [0.15, 0.2) is 0 Å². The quantitative estimate of drug-likeness (QED) is 0.899. The molecule has 19 heavy (non-hydrogen) atoms. The number of anilines is 1. The third-order valence-electron chi connectivity index (χ3n) is 3.32. The number of pyridine rings is 1. The third kappa shape index (κ3) is 2.64. The number of nitrogens with zero attached hydrogens (tertiary/aromatic N) is 2. The van der Waals surface area contributed by atoms with Crippen LogP contribution in [0.3, 0.4) is 0 Å². The van der Waals surface area contributed by atoms with Gasteiger partial charge in [0.05, 0.1) is 5.56 Å². The molecule has 2 heterocycles. The summed E-state index contributed by atoms with van der Waals surface area (Å²) in [6, 6.07) is 1.41. The molecule has 2 atom stereocenters. The minimum Gasteiger partial charge on any atom is -0.480 e. The van der Waals surface area contributed by atoms with Crippen molar-refractivity contribution in [1.82, 2.24) is 4.98 Å². The standard InChI is InChI=1S/C12H13F3N2O2/c1-7-4-5-17(10(7)11(18)19)9-3-2-8(6-16-9)12(13,14)15/h2-3,6-7,10H,4-5H2,1H3,(H,18,19). The fraction of sp³-hybridized carbons (Fsp3) is 0.500. The number of carbonyl (C=O) groups is 1. The van der Waals surface area contributed by atoms with E-state index >= 15 is 0 Å². The van der Waals surface area contributed by atoms with Crippen LogP contribution >= 0.6 is 0 Å². The van der Waals surface area contributed by atoms with Gasteiger partial charge in [0.2, 0.25) is 0 Å². The maximum atomic E-state index is 12.4. The summed E-state index contributed by atoms with van der Waals surface area (Å²) < 4.78 is 37.2. The molecule has 1 N–H and O–H groups in total. The van der Waals surface area contributed by atoms with Crippen molar-refractivity contribution >= 4 is 11.8 Å². The molecule has 0 radical (unpaired) electrons. The largest absolute Gasteiger partial charge is 0.480 e. The zero-order valence-corrected chi connectivity index (χ0v) is 10.2. The number of halogens is 3. The van der Waals surface area contributed by atoms with Gasteiger partial charge in [-0.3, -0.25) is 0 Å². The van der Waals surface area contributed by atoms with Crippen LogP contribution in [0.15, 0.2) is 18.3 Å². The summed E-state index contributed by atoms with van der Waals surface area (Å²) in [4.78, 5) is 16.4. The van der Waals surface area contributed by atoms with Gasteiger partial charge in [0, 0.05) is 12.7 Å². The van der Waals surface area contributed by atoms with Gasteiger partial charge in [-0.25, -0.2) is 9.78 Å². The third-order valence-corrected chi connectivity index (χ3v) is 3.32. The van der Waals surface area contributed by atoms with Crippen molar-refractivity contribution in [1.29, 1.82) is 0 Å². The van der Waals surface area contributed by atoms with Crippen molar-refractivity contribution in [3.8, 4) is 0 Å². The Morgan fingerprint density at radius 2 is 2.16 bits per heavy atom. The molecule has 0 aromatic carbocycles. The first kappa shape index (κ1) is 13.6. The Morgan fingerprint density at radius 1 is 1.47 bits per heavy atom. The lowest BCUT2D eigenvalue weighted by Crippen LogP contribution is -2.39. The van der Waals surface area contributed by atoms with Crippen molar-refractivity contribution in [3.63, 3.8) is 0 Å². The minimum absolute atomic E-state index is 0.0541. The zero-order valence-electron chi connectivity index (χ0n) is 10.2.